The Morgan fingerprint density at radius 2 is 0.818 bits per heavy atom. The first-order valence-electron chi connectivity index (χ1n) is 9.30. The molecular formula is C19H42BrNO. The summed E-state index contributed by atoms with van der Waals surface area (Å²) in [6.45, 7) is 18.1. The summed E-state index contributed by atoms with van der Waals surface area (Å²) in [6.07, 6.45) is 11.1. The van der Waals surface area contributed by atoms with Gasteiger partial charge >= 0.3 is 0 Å². The van der Waals surface area contributed by atoms with Crippen LogP contribution < -0.4 is 17.0 Å². The average Bonchev–Trinajstić information content (AvgIpc) is 2.45. The normalized spacial score (nSPS) is 10.5. The zero-order chi connectivity index (χ0) is 16.6. The molecular weight excluding hydrogens is 338 g/mol. The molecule has 2 nitrogen and oxygen atoms in total. The van der Waals surface area contributed by atoms with Crippen LogP contribution in [0.4, 0.5) is 0 Å². The van der Waals surface area contributed by atoms with E-state index in [4.69, 9.17) is 0 Å². The van der Waals surface area contributed by atoms with Crippen LogP contribution in [0.2, 0.25) is 0 Å². The predicted molar refractivity (Wildman–Crippen MR) is 95.7 cm³/mol. The summed E-state index contributed by atoms with van der Waals surface area (Å²) >= 11 is 0. The molecule has 0 heterocycles. The molecule has 0 fully saturated rings. The van der Waals surface area contributed by atoms with Crippen LogP contribution in [0.15, 0.2) is 0 Å². The van der Waals surface area contributed by atoms with Crippen LogP contribution in [0.5, 0.6) is 0 Å². The molecule has 0 saturated heterocycles. The van der Waals surface area contributed by atoms with Crippen LogP contribution in [0, 0.1) is 0 Å². The highest BCUT2D eigenvalue weighted by Crippen LogP contribution is 2.16. The first-order valence-corrected chi connectivity index (χ1v) is 9.30. The maximum absolute atomic E-state index is 9.44. The predicted octanol–water partition coefficient (Wildman–Crippen LogP) is 2.60. The lowest BCUT2D eigenvalue weighted by Crippen LogP contribution is -3.00. The Kier molecular flexibility index (Phi) is 23.5. The summed E-state index contributed by atoms with van der Waals surface area (Å²) in [4.78, 5) is 9.44. The molecule has 0 aromatic carbocycles. The smallest absolute Gasteiger partial charge is 0.126 e. The highest BCUT2D eigenvalue weighted by atomic mass is 79.9. The number of quaternary nitrogens is 1. The van der Waals surface area contributed by atoms with E-state index < -0.39 is 0 Å². The molecule has 0 atom stereocenters. The fourth-order valence-corrected chi connectivity index (χ4v) is 2.64. The number of hydrogen-bond acceptors (Lipinski definition) is 1. The van der Waals surface area contributed by atoms with Gasteiger partial charge in [0, 0.05) is 0 Å². The van der Waals surface area contributed by atoms with Crippen LogP contribution >= 0.6 is 0 Å². The Morgan fingerprint density at radius 3 is 0.955 bits per heavy atom. The van der Waals surface area contributed by atoms with Crippen molar-refractivity contribution in [1.82, 2.24) is 0 Å². The molecule has 0 spiro atoms. The van der Waals surface area contributed by atoms with Crippen LogP contribution in [0.25, 0.3) is 0 Å². The SMILES string of the molecule is CC(C)=O.CCCC[N+](CCCC)(CCCC)CCCC.[Br-]. The van der Waals surface area contributed by atoms with Gasteiger partial charge in [-0.05, 0) is 39.5 Å². The van der Waals surface area contributed by atoms with Crippen molar-refractivity contribution in [2.75, 3.05) is 26.2 Å². The summed E-state index contributed by atoms with van der Waals surface area (Å²) in [5.74, 6) is 0.167. The zero-order valence-electron chi connectivity index (χ0n) is 16.2. The van der Waals surface area contributed by atoms with E-state index in [1.807, 2.05) is 0 Å². The summed E-state index contributed by atoms with van der Waals surface area (Å²) in [5.41, 5.74) is 0. The summed E-state index contributed by atoms with van der Waals surface area (Å²) in [6, 6.07) is 0. The Balaban J connectivity index is -0.000000640. The van der Waals surface area contributed by atoms with Crippen LogP contribution in [0.3, 0.4) is 0 Å². The second-order valence-corrected chi connectivity index (χ2v) is 6.56. The molecule has 0 aromatic heterocycles. The van der Waals surface area contributed by atoms with Gasteiger partial charge in [-0.15, -0.1) is 0 Å². The van der Waals surface area contributed by atoms with Gasteiger partial charge in [0.15, 0.2) is 0 Å². The molecule has 136 valence electrons. The highest BCUT2D eigenvalue weighted by molar-refractivity contribution is 5.72. The quantitative estimate of drug-likeness (QED) is 0.476. The number of ketones is 1. The maximum atomic E-state index is 9.44. The van der Waals surface area contributed by atoms with E-state index in [1.54, 1.807) is 0 Å². The molecule has 22 heavy (non-hydrogen) atoms. The minimum Gasteiger partial charge on any atom is -1.00 e. The topological polar surface area (TPSA) is 17.1 Å². The molecule has 3 heteroatoms. The molecule has 0 rings (SSSR count). The van der Waals surface area contributed by atoms with Crippen molar-refractivity contribution < 1.29 is 26.3 Å². The van der Waals surface area contributed by atoms with Crippen molar-refractivity contribution in [3.05, 3.63) is 0 Å². The highest BCUT2D eigenvalue weighted by Gasteiger charge is 2.24. The van der Waals surface area contributed by atoms with Gasteiger partial charge in [-0.2, -0.15) is 0 Å². The first-order chi connectivity index (χ1) is 9.97. The van der Waals surface area contributed by atoms with Gasteiger partial charge in [0.05, 0.1) is 26.2 Å². The van der Waals surface area contributed by atoms with E-state index in [9.17, 15) is 4.79 Å². The lowest BCUT2D eigenvalue weighted by Gasteiger charge is -2.39. The lowest BCUT2D eigenvalue weighted by atomic mass is 10.1. The zero-order valence-corrected chi connectivity index (χ0v) is 17.8. The number of Topliss-reactive ketones (excluding diaryl/α,β-unsaturated/α-hetero) is 1. The lowest BCUT2D eigenvalue weighted by molar-refractivity contribution is -0.929. The minimum absolute atomic E-state index is 0. The number of rotatable bonds is 12. The second kappa shape index (κ2) is 19.2. The fourth-order valence-electron chi connectivity index (χ4n) is 2.64. The van der Waals surface area contributed by atoms with E-state index in [0.717, 1.165) is 0 Å². The van der Waals surface area contributed by atoms with Crippen LogP contribution in [-0.2, 0) is 4.79 Å². The molecule has 0 saturated carbocycles. The molecule has 0 aliphatic carbocycles. The summed E-state index contributed by atoms with van der Waals surface area (Å²) in [5, 5.41) is 0. The van der Waals surface area contributed by atoms with Crippen LogP contribution in [0.1, 0.15) is 92.9 Å². The molecule has 0 N–H and O–H groups in total. The fraction of sp³-hybridized carbons (Fsp3) is 0.947. The Labute approximate surface area is 151 Å². The van der Waals surface area contributed by atoms with Gasteiger partial charge < -0.3 is 26.3 Å². The van der Waals surface area contributed by atoms with E-state index >= 15 is 0 Å². The molecule has 0 amide bonds. The standard InChI is InChI=1S/C16H36N.C3H6O.BrH/c1-5-9-13-17(14-10-6-2,15-11-7-3)16-12-8-4;1-3(2)4;/h5-16H2,1-4H3;1-2H3;1H/q+1;;/p-1. The second-order valence-electron chi connectivity index (χ2n) is 6.56. The minimum atomic E-state index is 0. The third-order valence-corrected chi connectivity index (χ3v) is 3.94. The molecule has 0 aliphatic heterocycles. The summed E-state index contributed by atoms with van der Waals surface area (Å²) in [7, 11) is 0. The first kappa shape index (κ1) is 27.0. The van der Waals surface area contributed by atoms with Gasteiger partial charge in [-0.25, -0.2) is 0 Å². The third kappa shape index (κ3) is 18.2. The number of nitrogens with zero attached hydrogens (tertiary/aromatic N) is 1. The van der Waals surface area contributed by atoms with Crippen LogP contribution in [-0.4, -0.2) is 36.4 Å². The Morgan fingerprint density at radius 1 is 0.636 bits per heavy atom. The van der Waals surface area contributed by atoms with Crippen molar-refractivity contribution in [2.24, 2.45) is 0 Å². The third-order valence-electron chi connectivity index (χ3n) is 3.94. The molecule has 0 aromatic rings. The van der Waals surface area contributed by atoms with Crippen molar-refractivity contribution in [3.8, 4) is 0 Å². The van der Waals surface area contributed by atoms with Gasteiger partial charge in [-0.3, -0.25) is 0 Å². The van der Waals surface area contributed by atoms with Crippen molar-refractivity contribution in [1.29, 1.82) is 0 Å². The number of carbonyl (C=O) groups is 1. The van der Waals surface area contributed by atoms with E-state index in [2.05, 4.69) is 27.7 Å². The van der Waals surface area contributed by atoms with E-state index in [-0.39, 0.29) is 22.8 Å². The van der Waals surface area contributed by atoms with Crippen molar-refractivity contribution >= 4 is 5.78 Å². The van der Waals surface area contributed by atoms with Gasteiger partial charge in [-0.1, -0.05) is 53.4 Å². The number of unbranched alkanes of at least 4 members (excludes halogenated alkanes) is 4. The Bertz CT molecular complexity index is 190. The molecule has 0 bridgehead atoms. The largest absolute Gasteiger partial charge is 1.00 e. The molecule has 0 unspecified atom stereocenters. The number of carbonyl (C=O) groups excluding carboxylic acids is 1. The monoisotopic (exact) mass is 379 g/mol. The number of halogens is 1. The number of hydrogen-bond donors (Lipinski definition) is 0. The van der Waals surface area contributed by atoms with Gasteiger partial charge in [0.1, 0.15) is 5.78 Å². The van der Waals surface area contributed by atoms with E-state index in [0.29, 0.717) is 0 Å². The molecule has 0 radical (unpaired) electrons. The van der Waals surface area contributed by atoms with E-state index in [1.165, 1.54) is 95.9 Å². The maximum Gasteiger partial charge on any atom is 0.126 e. The van der Waals surface area contributed by atoms with Gasteiger partial charge in [0.2, 0.25) is 0 Å². The average molecular weight is 380 g/mol. The Hall–Kier alpha value is 0.110. The van der Waals surface area contributed by atoms with Crippen molar-refractivity contribution in [3.63, 3.8) is 0 Å². The summed E-state index contributed by atoms with van der Waals surface area (Å²) < 4.78 is 1.42. The van der Waals surface area contributed by atoms with Gasteiger partial charge in [0.25, 0.3) is 0 Å². The molecule has 0 aliphatic rings. The van der Waals surface area contributed by atoms with Crippen molar-refractivity contribution in [2.45, 2.75) is 92.9 Å².